The fraction of sp³-hybridized carbons (Fsp3) is 0.211. The van der Waals surface area contributed by atoms with E-state index in [0.717, 1.165) is 5.56 Å². The molecular weight excluding hydrogens is 343 g/mol. The van der Waals surface area contributed by atoms with Crippen LogP contribution in [0.1, 0.15) is 17.2 Å². The van der Waals surface area contributed by atoms with Crippen LogP contribution in [0.5, 0.6) is 0 Å². The van der Waals surface area contributed by atoms with Crippen molar-refractivity contribution in [2.75, 3.05) is 20.6 Å². The molecule has 24 heavy (non-hydrogen) atoms. The highest BCUT2D eigenvalue weighted by Crippen LogP contribution is 2.26. The first-order valence-corrected chi connectivity index (χ1v) is 8.35. The smallest absolute Gasteiger partial charge is 0.244 e. The monoisotopic (exact) mass is 362 g/mol. The zero-order valence-electron chi connectivity index (χ0n) is 13.7. The predicted octanol–water partition coefficient (Wildman–Crippen LogP) is 4.43. The standard InChI is InChI=1S/C19H20Cl2N2O/c1-23(2)13-17(14-7-4-3-5-8-14)22-18(24)12-11-15-9-6-10-16(20)19(15)21/h3-12,17H,13H2,1-2H3,(H,22,24)/b12-11+/t17-/m1/s1. The predicted molar refractivity (Wildman–Crippen MR) is 101 cm³/mol. The summed E-state index contributed by atoms with van der Waals surface area (Å²) in [7, 11) is 3.95. The third kappa shape index (κ3) is 5.38. The summed E-state index contributed by atoms with van der Waals surface area (Å²) in [6.45, 7) is 0.710. The van der Waals surface area contributed by atoms with Crippen LogP contribution in [-0.2, 0) is 4.79 Å². The van der Waals surface area contributed by atoms with Crippen LogP contribution in [-0.4, -0.2) is 31.4 Å². The van der Waals surface area contributed by atoms with Crippen molar-refractivity contribution in [2.24, 2.45) is 0 Å². The van der Waals surface area contributed by atoms with Gasteiger partial charge in [0.15, 0.2) is 0 Å². The number of carbonyl (C=O) groups is 1. The minimum Gasteiger partial charge on any atom is -0.344 e. The minimum atomic E-state index is -0.179. The van der Waals surface area contributed by atoms with Crippen molar-refractivity contribution in [3.63, 3.8) is 0 Å². The Kier molecular flexibility index (Phi) is 6.85. The van der Waals surface area contributed by atoms with Crippen molar-refractivity contribution in [3.05, 3.63) is 75.8 Å². The first-order valence-electron chi connectivity index (χ1n) is 7.59. The van der Waals surface area contributed by atoms with Crippen LogP contribution in [0.15, 0.2) is 54.6 Å². The zero-order valence-corrected chi connectivity index (χ0v) is 15.2. The third-order valence-corrected chi connectivity index (χ3v) is 4.30. The van der Waals surface area contributed by atoms with Crippen molar-refractivity contribution < 1.29 is 4.79 Å². The Balaban J connectivity index is 2.10. The molecule has 0 fully saturated rings. The van der Waals surface area contributed by atoms with E-state index in [1.165, 1.54) is 6.08 Å². The maximum Gasteiger partial charge on any atom is 0.244 e. The maximum absolute atomic E-state index is 12.3. The topological polar surface area (TPSA) is 32.3 Å². The molecule has 0 aromatic heterocycles. The lowest BCUT2D eigenvalue weighted by atomic mass is 10.1. The number of benzene rings is 2. The van der Waals surface area contributed by atoms with E-state index in [1.807, 2.05) is 55.4 Å². The van der Waals surface area contributed by atoms with E-state index in [4.69, 9.17) is 23.2 Å². The fourth-order valence-corrected chi connectivity index (χ4v) is 2.69. The molecule has 0 radical (unpaired) electrons. The van der Waals surface area contributed by atoms with Gasteiger partial charge in [-0.1, -0.05) is 65.7 Å². The highest BCUT2D eigenvalue weighted by molar-refractivity contribution is 6.42. The van der Waals surface area contributed by atoms with Gasteiger partial charge in [0.2, 0.25) is 5.91 Å². The molecule has 2 aromatic rings. The van der Waals surface area contributed by atoms with Gasteiger partial charge < -0.3 is 10.2 Å². The zero-order chi connectivity index (χ0) is 17.5. The fourth-order valence-electron chi connectivity index (χ4n) is 2.32. The number of likely N-dealkylation sites (N-methyl/N-ethyl adjacent to an activating group) is 1. The molecule has 0 aliphatic rings. The van der Waals surface area contributed by atoms with Gasteiger partial charge in [-0.2, -0.15) is 0 Å². The van der Waals surface area contributed by atoms with E-state index in [1.54, 1.807) is 18.2 Å². The lowest BCUT2D eigenvalue weighted by Crippen LogP contribution is -2.34. The summed E-state index contributed by atoms with van der Waals surface area (Å²) in [5, 5.41) is 3.93. The highest BCUT2D eigenvalue weighted by atomic mass is 35.5. The van der Waals surface area contributed by atoms with Gasteiger partial charge in [0, 0.05) is 12.6 Å². The number of rotatable bonds is 6. The van der Waals surface area contributed by atoms with E-state index in [2.05, 4.69) is 5.32 Å². The Labute approximate surface area is 152 Å². The number of nitrogens with zero attached hydrogens (tertiary/aromatic N) is 1. The molecule has 0 bridgehead atoms. The quantitative estimate of drug-likeness (QED) is 0.771. The molecule has 1 amide bonds. The summed E-state index contributed by atoms with van der Waals surface area (Å²) in [5.74, 6) is -0.179. The van der Waals surface area contributed by atoms with Gasteiger partial charge in [-0.3, -0.25) is 4.79 Å². The van der Waals surface area contributed by atoms with Crippen molar-refractivity contribution in [1.82, 2.24) is 10.2 Å². The molecule has 2 rings (SSSR count). The average molecular weight is 363 g/mol. The summed E-state index contributed by atoms with van der Waals surface area (Å²) in [6, 6.07) is 15.1. The Morgan fingerprint density at radius 3 is 2.50 bits per heavy atom. The molecular formula is C19H20Cl2N2O. The number of carbonyl (C=O) groups excluding carboxylic acids is 1. The summed E-state index contributed by atoms with van der Waals surface area (Å²) in [5.41, 5.74) is 1.77. The Hall–Kier alpha value is -1.81. The Morgan fingerprint density at radius 1 is 1.12 bits per heavy atom. The molecule has 0 saturated heterocycles. The number of nitrogens with one attached hydrogen (secondary N) is 1. The van der Waals surface area contributed by atoms with E-state index in [9.17, 15) is 4.79 Å². The molecule has 1 atom stereocenters. The van der Waals surface area contributed by atoms with Crippen molar-refractivity contribution in [3.8, 4) is 0 Å². The molecule has 0 saturated carbocycles. The van der Waals surface area contributed by atoms with Gasteiger partial charge in [0.05, 0.1) is 16.1 Å². The average Bonchev–Trinajstić information content (AvgIpc) is 2.56. The van der Waals surface area contributed by atoms with Crippen molar-refractivity contribution in [1.29, 1.82) is 0 Å². The van der Waals surface area contributed by atoms with Crippen LogP contribution in [0.3, 0.4) is 0 Å². The van der Waals surface area contributed by atoms with Gasteiger partial charge in [-0.05, 0) is 37.4 Å². The van der Waals surface area contributed by atoms with Gasteiger partial charge in [-0.25, -0.2) is 0 Å². The van der Waals surface area contributed by atoms with Crippen LogP contribution in [0, 0.1) is 0 Å². The molecule has 3 nitrogen and oxygen atoms in total. The van der Waals surface area contributed by atoms with Crippen molar-refractivity contribution >= 4 is 35.2 Å². The molecule has 0 heterocycles. The molecule has 0 aliphatic carbocycles. The van der Waals surface area contributed by atoms with Gasteiger partial charge in [-0.15, -0.1) is 0 Å². The molecule has 1 N–H and O–H groups in total. The van der Waals surface area contributed by atoms with Crippen LogP contribution in [0.4, 0.5) is 0 Å². The Morgan fingerprint density at radius 2 is 1.83 bits per heavy atom. The SMILES string of the molecule is CN(C)C[C@@H](NC(=O)/C=C/c1cccc(Cl)c1Cl)c1ccccc1. The molecule has 0 unspecified atom stereocenters. The molecule has 0 spiro atoms. The number of halogens is 2. The van der Waals surface area contributed by atoms with Gasteiger partial charge >= 0.3 is 0 Å². The van der Waals surface area contributed by atoms with E-state index >= 15 is 0 Å². The normalized spacial score (nSPS) is 12.5. The second-order valence-corrected chi connectivity index (χ2v) is 6.50. The summed E-state index contributed by atoms with van der Waals surface area (Å²) in [4.78, 5) is 14.3. The van der Waals surface area contributed by atoms with Gasteiger partial charge in [0.25, 0.3) is 0 Å². The largest absolute Gasteiger partial charge is 0.344 e. The van der Waals surface area contributed by atoms with E-state index < -0.39 is 0 Å². The lowest BCUT2D eigenvalue weighted by Gasteiger charge is -2.22. The third-order valence-electron chi connectivity index (χ3n) is 3.46. The summed E-state index contributed by atoms with van der Waals surface area (Å²) in [6.07, 6.45) is 3.14. The second-order valence-electron chi connectivity index (χ2n) is 5.71. The molecule has 0 aliphatic heterocycles. The second kappa shape index (κ2) is 8.88. The van der Waals surface area contributed by atoms with Crippen molar-refractivity contribution in [2.45, 2.75) is 6.04 Å². The maximum atomic E-state index is 12.3. The van der Waals surface area contributed by atoms with Crippen LogP contribution >= 0.6 is 23.2 Å². The summed E-state index contributed by atoms with van der Waals surface area (Å²) < 4.78 is 0. The van der Waals surface area contributed by atoms with E-state index in [-0.39, 0.29) is 11.9 Å². The molecule has 126 valence electrons. The lowest BCUT2D eigenvalue weighted by molar-refractivity contribution is -0.117. The Bertz CT molecular complexity index is 715. The van der Waals surface area contributed by atoms with E-state index in [0.29, 0.717) is 22.2 Å². The molecule has 5 heteroatoms. The number of hydrogen-bond acceptors (Lipinski definition) is 2. The highest BCUT2D eigenvalue weighted by Gasteiger charge is 2.14. The van der Waals surface area contributed by atoms with Gasteiger partial charge in [0.1, 0.15) is 0 Å². The minimum absolute atomic E-state index is 0.0896. The first kappa shape index (κ1) is 18.5. The van der Waals surface area contributed by atoms with Crippen LogP contribution in [0.25, 0.3) is 6.08 Å². The number of hydrogen-bond donors (Lipinski definition) is 1. The number of amides is 1. The van der Waals surface area contributed by atoms with Crippen LogP contribution in [0.2, 0.25) is 10.0 Å². The summed E-state index contributed by atoms with van der Waals surface area (Å²) >= 11 is 12.1. The van der Waals surface area contributed by atoms with Crippen LogP contribution < -0.4 is 5.32 Å². The molecule has 2 aromatic carbocycles. The first-order chi connectivity index (χ1) is 11.5.